The number of likely N-dealkylation sites (N-methyl/N-ethyl adjacent to an activating group) is 1. The zero-order chi connectivity index (χ0) is 75.0. The summed E-state index contributed by atoms with van der Waals surface area (Å²) in [4.78, 5) is 157. The van der Waals surface area contributed by atoms with Gasteiger partial charge >= 0.3 is 11.9 Å². The number of nitrogens with two attached hydrogens (primary N) is 1. The highest BCUT2D eigenvalue weighted by Crippen LogP contribution is 2.43. The summed E-state index contributed by atoms with van der Waals surface area (Å²) in [7, 11) is 4.83. The van der Waals surface area contributed by atoms with Gasteiger partial charge in [0.05, 0.1) is 43.1 Å². The molecule has 4 aliphatic heterocycles. The van der Waals surface area contributed by atoms with Crippen molar-refractivity contribution in [1.82, 2.24) is 76.8 Å². The van der Waals surface area contributed by atoms with Crippen molar-refractivity contribution in [3.63, 3.8) is 0 Å². The number of methoxy groups -OCH3 is 1. The van der Waals surface area contributed by atoms with Crippen molar-refractivity contribution in [2.75, 3.05) is 47.4 Å². The number of ether oxygens (including phenoxy) is 6. The highest BCUT2D eigenvalue weighted by atomic mass is 32.1. The molecule has 40 heteroatoms. The number of aromatic hydroxyl groups is 1. The van der Waals surface area contributed by atoms with Gasteiger partial charge in [0.15, 0.2) is 18.1 Å². The number of rotatable bonds is 14. The van der Waals surface area contributed by atoms with E-state index in [0.717, 1.165) is 56.7 Å². The van der Waals surface area contributed by atoms with Crippen LogP contribution in [0.5, 0.6) is 5.75 Å². The first-order valence-electron chi connectivity index (χ1n) is 32.3. The molecule has 7 amide bonds. The minimum atomic E-state index is -1.93. The fourth-order valence-corrected chi connectivity index (χ4v) is 16.7. The number of aliphatic hydroxyl groups is 2. The SMILES string of the molecule is CO/C(C)=C1/NC(=O)[C@H]([C@@H](C)O)NC(=O)c2csc(n2)-c2cc(O)c(-c3nc(C(=O)NC(CNCCNC(C)=O)C(N)=O)cs3)nc2-c2csc(n2)[C@@H]2COC(=O)c3c4c5c(cccc5n3O)COC(=O)[C@@H](O[C@H]3C[C@](C)(O)[C@H](N(C)C)[C@H](C)O3)[C@@H](OC4)[C@H](NC(=O)c3csc1n3)c1nc(cs1)C(=O)N2. The van der Waals surface area contributed by atoms with Crippen LogP contribution in [0.15, 0.2) is 56.9 Å². The number of thiazole rings is 5. The van der Waals surface area contributed by atoms with Gasteiger partial charge in [0.25, 0.3) is 23.6 Å². The van der Waals surface area contributed by atoms with E-state index in [0.29, 0.717) is 10.3 Å². The average Bonchev–Trinajstić information content (AvgIpc) is 1.71. The third kappa shape index (κ3) is 15.8. The van der Waals surface area contributed by atoms with E-state index in [1.807, 2.05) is 0 Å². The van der Waals surface area contributed by atoms with Crippen LogP contribution in [0.4, 0.5) is 0 Å². The molecular weight excluding hydrogens is 1470 g/mol. The molecule has 105 heavy (non-hydrogen) atoms. The largest absolute Gasteiger partial charge is 0.506 e. The molecule has 11 heterocycles. The molecular formula is C65H70N16O19S5. The van der Waals surface area contributed by atoms with E-state index in [-0.39, 0.29) is 130 Å². The Hall–Kier alpha value is -9.85. The molecule has 7 aromatic heterocycles. The Morgan fingerprint density at radius 2 is 1.51 bits per heavy atom. The Balaban J connectivity index is 1.01. The lowest BCUT2D eigenvalue weighted by Gasteiger charge is -2.48. The Morgan fingerprint density at radius 1 is 0.838 bits per heavy atom. The van der Waals surface area contributed by atoms with Crippen molar-refractivity contribution in [1.29, 1.82) is 0 Å². The number of benzene rings is 1. The summed E-state index contributed by atoms with van der Waals surface area (Å²) >= 11 is 4.44. The summed E-state index contributed by atoms with van der Waals surface area (Å²) in [5, 5.41) is 73.4. The van der Waals surface area contributed by atoms with Crippen molar-refractivity contribution in [3.05, 3.63) is 112 Å². The number of cyclic esters (lactones) is 2. The standard InChI is InChI=1S/C65H70N16O19S5/c1-25(82)43-57(90)78-44(26(2)95-8)60-73-38(24-103-60)56(89)79-47-49-50(100-41-15-65(5,93)51(80(6)7)27(3)99-41)64(92)97-17-29-10-9-11-39-42(29)31(18-96-49)48(81(39)94)63(91)98-19-33(70-54(87)36-23-105-62(47)75-36)59-71-34(20-102-59)45-30(58-72-37(21-101-58)55(88)77-43)14-40(84)46(76-45)61-74-35(22-104-61)53(86)69-32(52(66)85)16-67-12-13-68-28(4)83/h9-11,14,20-25,27,32-33,41,43,47,49-51,67,82,84,93-94H,12-13,15-19H2,1-8H3,(H2,66,85)(H,68,83)(H,69,86)(H,70,87)(H,77,88)(H,78,90)(H,79,89)/b44-26+/t25-,27+,32?,33+,41+,43+,47+,49+,50+,51-,65+/m1/s1. The van der Waals surface area contributed by atoms with Crippen LogP contribution in [0.3, 0.4) is 0 Å². The topological polar surface area (TPSA) is 486 Å². The number of nitrogens with one attached hydrogen (secondary N) is 7. The van der Waals surface area contributed by atoms with Crippen molar-refractivity contribution in [3.8, 4) is 38.4 Å². The molecule has 1 fully saturated rings. The molecule has 0 saturated carbocycles. The summed E-state index contributed by atoms with van der Waals surface area (Å²) in [5.41, 5.74) is 2.66. The van der Waals surface area contributed by atoms with E-state index in [2.05, 4.69) is 52.2 Å². The van der Waals surface area contributed by atoms with E-state index in [1.165, 1.54) is 66.9 Å². The number of allylic oxidation sites excluding steroid dienone is 1. The molecule has 1 aromatic carbocycles. The van der Waals surface area contributed by atoms with Gasteiger partial charge in [-0.2, -0.15) is 4.73 Å². The molecule has 8 aromatic rings. The van der Waals surface area contributed by atoms with Crippen LogP contribution in [0.25, 0.3) is 49.3 Å². The third-order valence-corrected chi connectivity index (χ3v) is 21.9. The Morgan fingerprint density at radius 3 is 2.23 bits per heavy atom. The molecule has 1 unspecified atom stereocenters. The summed E-state index contributed by atoms with van der Waals surface area (Å²) in [6.07, 6.45) is -7.61. The maximum absolute atomic E-state index is 15.2. The molecule has 554 valence electrons. The van der Waals surface area contributed by atoms with Gasteiger partial charge in [-0.3, -0.25) is 33.6 Å². The van der Waals surface area contributed by atoms with Gasteiger partial charge in [0, 0.05) is 76.4 Å². The van der Waals surface area contributed by atoms with Crippen LogP contribution in [0, 0.1) is 0 Å². The van der Waals surface area contributed by atoms with Crippen LogP contribution in [-0.4, -0.2) is 215 Å². The second kappa shape index (κ2) is 31.1. The van der Waals surface area contributed by atoms with Crippen LogP contribution < -0.4 is 43.0 Å². The van der Waals surface area contributed by atoms with Crippen LogP contribution in [-0.2, 0) is 60.8 Å². The second-order valence-electron chi connectivity index (χ2n) is 25.1. The predicted molar refractivity (Wildman–Crippen MR) is 376 cm³/mol. The first-order valence-corrected chi connectivity index (χ1v) is 36.7. The quantitative estimate of drug-likeness (QED) is 0.0322. The van der Waals surface area contributed by atoms with Gasteiger partial charge in [-0.15, -0.1) is 56.7 Å². The second-order valence-corrected chi connectivity index (χ2v) is 29.5. The number of nitrogens with zero attached hydrogens (tertiary/aromatic N) is 8. The fourth-order valence-electron chi connectivity index (χ4n) is 12.5. The number of esters is 2. The molecule has 11 atom stereocenters. The summed E-state index contributed by atoms with van der Waals surface area (Å²) in [6.45, 7) is 5.89. The van der Waals surface area contributed by atoms with E-state index >= 15 is 19.2 Å². The first kappa shape index (κ1) is 74.9. The Labute approximate surface area is 615 Å². The van der Waals surface area contributed by atoms with Crippen molar-refractivity contribution in [2.24, 2.45) is 5.73 Å². The molecule has 13 N–H and O–H groups in total. The third-order valence-electron chi connectivity index (χ3n) is 17.4. The van der Waals surface area contributed by atoms with Gasteiger partial charge in [0.2, 0.25) is 17.7 Å². The summed E-state index contributed by atoms with van der Waals surface area (Å²) in [5.74, 6) is -8.45. The number of aliphatic hydroxyl groups excluding tert-OH is 1. The van der Waals surface area contributed by atoms with Crippen LogP contribution in [0.1, 0.15) is 132 Å². The number of hydrogen-bond acceptors (Lipinski definition) is 32. The van der Waals surface area contributed by atoms with Gasteiger partial charge in [-0.25, -0.2) is 39.5 Å². The number of aromatic nitrogens is 7. The minimum Gasteiger partial charge on any atom is -0.506 e. The van der Waals surface area contributed by atoms with E-state index in [1.54, 1.807) is 45.0 Å². The zero-order valence-corrected chi connectivity index (χ0v) is 61.1. The normalized spacial score (nSPS) is 23.5. The lowest BCUT2D eigenvalue weighted by Crippen LogP contribution is -2.62. The van der Waals surface area contributed by atoms with Gasteiger partial charge in [-0.1, -0.05) is 12.1 Å². The van der Waals surface area contributed by atoms with Gasteiger partial charge in [-0.05, 0) is 59.5 Å². The van der Waals surface area contributed by atoms with Crippen molar-refractivity contribution >= 4 is 127 Å². The molecule has 0 spiro atoms. The zero-order valence-electron chi connectivity index (χ0n) is 57.0. The number of fused-ring (bicyclic) bond motifs is 15. The van der Waals surface area contributed by atoms with Crippen molar-refractivity contribution < 1.29 is 92.1 Å². The number of carbonyl (C=O) groups is 9. The predicted octanol–water partition coefficient (Wildman–Crippen LogP) is 2.47. The van der Waals surface area contributed by atoms with Gasteiger partial charge in [0.1, 0.15) is 126 Å². The van der Waals surface area contributed by atoms with Crippen LogP contribution in [0.2, 0.25) is 0 Å². The molecule has 4 aliphatic rings. The summed E-state index contributed by atoms with van der Waals surface area (Å²) in [6, 6.07) is -0.654. The van der Waals surface area contributed by atoms with E-state index in [4.69, 9.17) is 49.1 Å². The molecule has 12 bridgehead atoms. The lowest BCUT2D eigenvalue weighted by atomic mass is 9.85. The Kier molecular flexibility index (Phi) is 22.1. The first-order chi connectivity index (χ1) is 50.1. The fraction of sp³-hybridized carbons (Fsp3) is 0.400. The smallest absolute Gasteiger partial charge is 0.358 e. The van der Waals surface area contributed by atoms with Gasteiger partial charge < -0.3 is 96.8 Å². The monoisotopic (exact) mass is 1540 g/mol. The maximum Gasteiger partial charge on any atom is 0.358 e. The molecule has 1 saturated heterocycles. The molecule has 0 radical (unpaired) electrons. The molecule has 0 aliphatic carbocycles. The number of pyridine rings is 1. The molecule has 35 nitrogen and oxygen atoms in total. The number of hydrogen-bond donors (Lipinski definition) is 12. The number of amides is 7. The number of carbonyl (C=O) groups excluding carboxylic acids is 9. The Bertz CT molecular complexity index is 4770. The average molecular weight is 1540 g/mol. The van der Waals surface area contributed by atoms with E-state index in [9.17, 15) is 44.5 Å². The maximum atomic E-state index is 15.2. The van der Waals surface area contributed by atoms with E-state index < -0.39 is 145 Å². The highest BCUT2D eigenvalue weighted by molar-refractivity contribution is 7.14. The summed E-state index contributed by atoms with van der Waals surface area (Å²) < 4.78 is 38.3. The number of primary amides is 1. The molecule has 12 rings (SSSR count). The highest BCUT2D eigenvalue weighted by Gasteiger charge is 2.50. The van der Waals surface area contributed by atoms with Crippen LogP contribution >= 0.6 is 56.7 Å². The minimum absolute atomic E-state index is 0.00233. The lowest BCUT2D eigenvalue weighted by molar-refractivity contribution is -0.280. The van der Waals surface area contributed by atoms with Crippen molar-refractivity contribution in [2.45, 2.75) is 121 Å².